The Morgan fingerprint density at radius 1 is 1.12 bits per heavy atom. The Bertz CT molecular complexity index is 997. The molecule has 2 aliphatic rings. The quantitative estimate of drug-likeness (QED) is 0.691. The number of rotatable bonds is 6. The van der Waals surface area contributed by atoms with Crippen molar-refractivity contribution in [2.45, 2.75) is 43.6 Å². The molecule has 1 aliphatic heterocycles. The first kappa shape index (κ1) is 22.2. The lowest BCUT2D eigenvalue weighted by atomic mass is 9.98. The number of nitrogens with zero attached hydrogens (tertiary/aromatic N) is 1. The number of hydrogen-bond donors (Lipinski definition) is 2. The fourth-order valence-electron chi connectivity index (χ4n) is 4.47. The minimum atomic E-state index is -1.01. The van der Waals surface area contributed by atoms with Gasteiger partial charge in [0.15, 0.2) is 0 Å². The van der Waals surface area contributed by atoms with E-state index in [9.17, 15) is 19.5 Å². The summed E-state index contributed by atoms with van der Waals surface area (Å²) in [4.78, 5) is 37.9. The standard InChI is InChI=1S/C24H26N2O5S/c1-14(11-22(27)26-15(2)32-13-21(26)23(28)29)25-24(30)31-12-20-18-9-5-3-7-16(18)17-8-4-6-10-19(17)20/h3-10,14-15,20-21H,11-13H2,1-2H3,(H,25,30)(H,28,29)/t14-,15?,21?/m0/s1. The van der Waals surface area contributed by atoms with Gasteiger partial charge in [0, 0.05) is 24.1 Å². The first-order valence-electron chi connectivity index (χ1n) is 10.6. The highest BCUT2D eigenvalue weighted by atomic mass is 32.2. The van der Waals surface area contributed by atoms with Crippen LogP contribution in [0.1, 0.15) is 37.3 Å². The van der Waals surface area contributed by atoms with E-state index in [-0.39, 0.29) is 30.2 Å². The van der Waals surface area contributed by atoms with Gasteiger partial charge in [0.25, 0.3) is 0 Å². The molecule has 0 spiro atoms. The van der Waals surface area contributed by atoms with Gasteiger partial charge in [-0.2, -0.15) is 0 Å². The number of fused-ring (bicyclic) bond motifs is 3. The number of thioether (sulfide) groups is 1. The third-order valence-electron chi connectivity index (χ3n) is 5.98. The normalized spacial score (nSPS) is 20.4. The number of nitrogens with one attached hydrogen (secondary N) is 1. The van der Waals surface area contributed by atoms with Crippen LogP contribution >= 0.6 is 11.8 Å². The maximum Gasteiger partial charge on any atom is 0.407 e. The van der Waals surface area contributed by atoms with Gasteiger partial charge >= 0.3 is 12.1 Å². The molecule has 168 valence electrons. The van der Waals surface area contributed by atoms with Crippen LogP contribution in [-0.2, 0) is 14.3 Å². The number of benzene rings is 2. The predicted octanol–water partition coefficient (Wildman–Crippen LogP) is 3.68. The average molecular weight is 455 g/mol. The van der Waals surface area contributed by atoms with Crippen molar-refractivity contribution in [3.63, 3.8) is 0 Å². The van der Waals surface area contributed by atoms with Crippen molar-refractivity contribution in [3.8, 4) is 11.1 Å². The van der Waals surface area contributed by atoms with Crippen molar-refractivity contribution in [3.05, 3.63) is 59.7 Å². The van der Waals surface area contributed by atoms with E-state index in [4.69, 9.17) is 4.74 Å². The highest BCUT2D eigenvalue weighted by Crippen LogP contribution is 2.44. The first-order valence-corrected chi connectivity index (χ1v) is 11.7. The van der Waals surface area contributed by atoms with Gasteiger partial charge in [0.05, 0.1) is 5.37 Å². The van der Waals surface area contributed by atoms with Crippen molar-refractivity contribution < 1.29 is 24.2 Å². The highest BCUT2D eigenvalue weighted by Gasteiger charge is 2.39. The van der Waals surface area contributed by atoms with E-state index >= 15 is 0 Å². The van der Waals surface area contributed by atoms with E-state index in [1.54, 1.807) is 6.92 Å². The summed E-state index contributed by atoms with van der Waals surface area (Å²) in [6.45, 7) is 3.72. The van der Waals surface area contributed by atoms with Crippen LogP contribution in [0.4, 0.5) is 4.79 Å². The number of hydrogen-bond acceptors (Lipinski definition) is 5. The second kappa shape index (κ2) is 9.24. The molecule has 2 aromatic rings. The van der Waals surface area contributed by atoms with Crippen LogP contribution in [0, 0.1) is 0 Å². The van der Waals surface area contributed by atoms with Gasteiger partial charge in [-0.3, -0.25) is 4.79 Å². The molecule has 2 aromatic carbocycles. The predicted molar refractivity (Wildman–Crippen MR) is 122 cm³/mol. The SMILES string of the molecule is CC1SCC(C(=O)O)N1C(=O)C[C@H](C)NC(=O)OCC1c2ccccc2-c2ccccc21. The summed E-state index contributed by atoms with van der Waals surface area (Å²) in [5.41, 5.74) is 4.57. The molecule has 0 aromatic heterocycles. The van der Waals surface area contributed by atoms with E-state index in [0.29, 0.717) is 5.75 Å². The fraction of sp³-hybridized carbons (Fsp3) is 0.375. The number of carbonyl (C=O) groups excluding carboxylic acids is 2. The summed E-state index contributed by atoms with van der Waals surface area (Å²) >= 11 is 1.43. The topological polar surface area (TPSA) is 95.9 Å². The van der Waals surface area contributed by atoms with Gasteiger partial charge in [-0.15, -0.1) is 11.8 Å². The molecule has 1 heterocycles. The smallest absolute Gasteiger partial charge is 0.407 e. The van der Waals surface area contributed by atoms with Crippen LogP contribution in [0.3, 0.4) is 0 Å². The summed E-state index contributed by atoms with van der Waals surface area (Å²) in [6.07, 6.45) is -0.579. The third-order valence-corrected chi connectivity index (χ3v) is 7.20. The van der Waals surface area contributed by atoms with Crippen LogP contribution in [0.15, 0.2) is 48.5 Å². The molecular weight excluding hydrogens is 428 g/mol. The Morgan fingerprint density at radius 2 is 1.72 bits per heavy atom. The molecule has 3 atom stereocenters. The van der Waals surface area contributed by atoms with Gasteiger partial charge < -0.3 is 20.1 Å². The first-order chi connectivity index (χ1) is 15.4. The van der Waals surface area contributed by atoms with E-state index < -0.39 is 24.1 Å². The van der Waals surface area contributed by atoms with Crippen LogP contribution in [0.25, 0.3) is 11.1 Å². The molecule has 0 saturated carbocycles. The zero-order chi connectivity index (χ0) is 22.8. The van der Waals surface area contributed by atoms with Gasteiger partial charge in [-0.25, -0.2) is 9.59 Å². The maximum absolute atomic E-state index is 12.7. The third kappa shape index (κ3) is 4.32. The summed E-state index contributed by atoms with van der Waals surface area (Å²) < 4.78 is 5.52. The van der Waals surface area contributed by atoms with E-state index in [0.717, 1.165) is 22.3 Å². The molecule has 1 fully saturated rings. The van der Waals surface area contributed by atoms with Gasteiger partial charge in [-0.05, 0) is 36.1 Å². The fourth-order valence-corrected chi connectivity index (χ4v) is 5.66. The highest BCUT2D eigenvalue weighted by molar-refractivity contribution is 8.00. The Balaban J connectivity index is 1.34. The molecule has 0 bridgehead atoms. The number of carboxylic acids is 1. The summed E-state index contributed by atoms with van der Waals surface area (Å²) in [6, 6.07) is 14.9. The number of alkyl carbamates (subject to hydrolysis) is 1. The van der Waals surface area contributed by atoms with Gasteiger partial charge in [-0.1, -0.05) is 48.5 Å². The van der Waals surface area contributed by atoms with Crippen molar-refractivity contribution >= 4 is 29.7 Å². The summed E-state index contributed by atoms with van der Waals surface area (Å²) in [5, 5.41) is 11.8. The van der Waals surface area contributed by atoms with E-state index in [2.05, 4.69) is 29.6 Å². The lowest BCUT2D eigenvalue weighted by Gasteiger charge is -2.26. The molecule has 1 saturated heterocycles. The summed E-state index contributed by atoms with van der Waals surface area (Å²) in [7, 11) is 0. The number of carbonyl (C=O) groups is 3. The zero-order valence-corrected chi connectivity index (χ0v) is 18.8. The number of amides is 2. The molecule has 2 N–H and O–H groups in total. The molecule has 2 unspecified atom stereocenters. The molecule has 2 amide bonds. The Labute approximate surface area is 191 Å². The Hall–Kier alpha value is -3.00. The van der Waals surface area contributed by atoms with Crippen molar-refractivity contribution in [1.82, 2.24) is 10.2 Å². The Morgan fingerprint density at radius 3 is 2.31 bits per heavy atom. The second-order valence-electron chi connectivity index (χ2n) is 8.16. The van der Waals surface area contributed by atoms with Gasteiger partial charge in [0.1, 0.15) is 12.6 Å². The van der Waals surface area contributed by atoms with Crippen LogP contribution in [0.2, 0.25) is 0 Å². The van der Waals surface area contributed by atoms with Gasteiger partial charge in [0.2, 0.25) is 5.91 Å². The lowest BCUT2D eigenvalue weighted by Crippen LogP contribution is -2.47. The number of ether oxygens (including phenoxy) is 1. The van der Waals surface area contributed by atoms with Crippen LogP contribution in [0.5, 0.6) is 0 Å². The van der Waals surface area contributed by atoms with E-state index in [1.807, 2.05) is 31.2 Å². The molecule has 8 heteroatoms. The molecule has 1 aliphatic carbocycles. The molecular formula is C24H26N2O5S. The minimum Gasteiger partial charge on any atom is -0.480 e. The number of aliphatic carboxylic acids is 1. The monoisotopic (exact) mass is 454 g/mol. The summed E-state index contributed by atoms with van der Waals surface area (Å²) in [5.74, 6) is -0.964. The average Bonchev–Trinajstić information content (AvgIpc) is 3.30. The lowest BCUT2D eigenvalue weighted by molar-refractivity contribution is -0.149. The van der Waals surface area contributed by atoms with Crippen molar-refractivity contribution in [2.24, 2.45) is 0 Å². The second-order valence-corrected chi connectivity index (χ2v) is 9.51. The minimum absolute atomic E-state index is 0.0128. The van der Waals surface area contributed by atoms with E-state index in [1.165, 1.54) is 16.7 Å². The largest absolute Gasteiger partial charge is 0.480 e. The van der Waals surface area contributed by atoms with Crippen LogP contribution in [-0.4, -0.2) is 57.8 Å². The molecule has 32 heavy (non-hydrogen) atoms. The molecule has 4 rings (SSSR count). The Kier molecular flexibility index (Phi) is 6.41. The maximum atomic E-state index is 12.7. The van der Waals surface area contributed by atoms with Crippen molar-refractivity contribution in [1.29, 1.82) is 0 Å². The number of carboxylic acid groups (broad SMARTS) is 1. The zero-order valence-electron chi connectivity index (χ0n) is 18.0. The molecule has 0 radical (unpaired) electrons. The van der Waals surface area contributed by atoms with Crippen LogP contribution < -0.4 is 5.32 Å². The van der Waals surface area contributed by atoms with Crippen molar-refractivity contribution in [2.75, 3.05) is 12.4 Å². The molecule has 7 nitrogen and oxygen atoms in total.